The smallest absolute Gasteiger partial charge is 0.230 e. The summed E-state index contributed by atoms with van der Waals surface area (Å²) in [5.74, 6) is 0.144. The van der Waals surface area contributed by atoms with Crippen molar-refractivity contribution in [2.24, 2.45) is 0 Å². The molecule has 4 heteroatoms. The zero-order chi connectivity index (χ0) is 17.3. The number of halogens is 1. The molecule has 0 spiro atoms. The van der Waals surface area contributed by atoms with Crippen molar-refractivity contribution in [2.75, 3.05) is 0 Å². The molecule has 1 heterocycles. The van der Waals surface area contributed by atoms with Gasteiger partial charge >= 0.3 is 0 Å². The van der Waals surface area contributed by atoms with Crippen LogP contribution >= 0.6 is 11.6 Å². The minimum absolute atomic E-state index is 0.144. The van der Waals surface area contributed by atoms with Gasteiger partial charge in [0.25, 0.3) is 0 Å². The summed E-state index contributed by atoms with van der Waals surface area (Å²) in [7, 11) is 0. The maximum absolute atomic E-state index is 13.1. The second-order valence-corrected chi connectivity index (χ2v) is 7.62. The predicted octanol–water partition coefficient (Wildman–Crippen LogP) is 4.07. The van der Waals surface area contributed by atoms with Crippen molar-refractivity contribution >= 4 is 17.5 Å². The summed E-state index contributed by atoms with van der Waals surface area (Å²) in [4.78, 5) is 13.1. The molecule has 1 aliphatic heterocycles. The van der Waals surface area contributed by atoms with Crippen molar-refractivity contribution in [3.63, 3.8) is 0 Å². The van der Waals surface area contributed by atoms with E-state index in [0.717, 1.165) is 44.3 Å². The number of carbonyl (C=O) groups is 1. The quantitative estimate of drug-likeness (QED) is 0.868. The molecule has 0 bridgehead atoms. The van der Waals surface area contributed by atoms with Gasteiger partial charge in [0.2, 0.25) is 5.91 Å². The van der Waals surface area contributed by atoms with Gasteiger partial charge in [0.05, 0.1) is 5.41 Å². The molecular weight excluding hydrogens is 332 g/mol. The Morgan fingerprint density at radius 3 is 2.52 bits per heavy atom. The first kappa shape index (κ1) is 16.6. The molecule has 0 unspecified atom stereocenters. The minimum atomic E-state index is -0.400. The van der Waals surface area contributed by atoms with E-state index in [2.05, 4.69) is 28.8 Å². The fourth-order valence-electron chi connectivity index (χ4n) is 4.20. The number of nitrogens with one attached hydrogen (secondary N) is 2. The molecule has 2 aromatic rings. The van der Waals surface area contributed by atoms with E-state index in [0.29, 0.717) is 11.6 Å². The molecule has 2 aromatic carbocycles. The highest BCUT2D eigenvalue weighted by atomic mass is 35.5. The van der Waals surface area contributed by atoms with Crippen molar-refractivity contribution in [3.8, 4) is 0 Å². The van der Waals surface area contributed by atoms with Crippen LogP contribution in [0.3, 0.4) is 0 Å². The lowest BCUT2D eigenvalue weighted by Gasteiger charge is -2.28. The van der Waals surface area contributed by atoms with Crippen LogP contribution < -0.4 is 10.6 Å². The number of carbonyl (C=O) groups excluding carboxylic acids is 1. The van der Waals surface area contributed by atoms with Crippen LogP contribution in [0.25, 0.3) is 0 Å². The first-order chi connectivity index (χ1) is 12.2. The Morgan fingerprint density at radius 2 is 1.76 bits per heavy atom. The third-order valence-corrected chi connectivity index (χ3v) is 5.90. The summed E-state index contributed by atoms with van der Waals surface area (Å²) in [6, 6.07) is 14.3. The van der Waals surface area contributed by atoms with Gasteiger partial charge < -0.3 is 10.6 Å². The summed E-state index contributed by atoms with van der Waals surface area (Å²) >= 11 is 6.03. The van der Waals surface area contributed by atoms with E-state index in [1.165, 1.54) is 16.7 Å². The lowest BCUT2D eigenvalue weighted by molar-refractivity contribution is -0.126. The van der Waals surface area contributed by atoms with Gasteiger partial charge in [-0.15, -0.1) is 0 Å². The standard InChI is InChI=1S/C21H23ClN2O/c22-19-7-5-18(6-8-19)21(9-1-2-10-21)20(25)24-12-15-3-4-16-13-23-14-17(16)11-15/h3-8,11,23H,1-2,9-10,12-14H2,(H,24,25). The highest BCUT2D eigenvalue weighted by Gasteiger charge is 2.42. The molecule has 0 saturated heterocycles. The summed E-state index contributed by atoms with van der Waals surface area (Å²) in [6.45, 7) is 2.45. The molecule has 25 heavy (non-hydrogen) atoms. The molecule has 130 valence electrons. The van der Waals surface area contributed by atoms with E-state index in [4.69, 9.17) is 11.6 Å². The van der Waals surface area contributed by atoms with Crippen molar-refractivity contribution < 1.29 is 4.79 Å². The van der Waals surface area contributed by atoms with Crippen molar-refractivity contribution in [1.29, 1.82) is 0 Å². The number of hydrogen-bond acceptors (Lipinski definition) is 2. The van der Waals surface area contributed by atoms with Crippen LogP contribution in [-0.2, 0) is 29.8 Å². The molecule has 1 aliphatic carbocycles. The van der Waals surface area contributed by atoms with Gasteiger partial charge in [-0.25, -0.2) is 0 Å². The van der Waals surface area contributed by atoms with E-state index in [9.17, 15) is 4.79 Å². The second-order valence-electron chi connectivity index (χ2n) is 7.19. The van der Waals surface area contributed by atoms with E-state index in [-0.39, 0.29) is 5.91 Å². The van der Waals surface area contributed by atoms with Crippen LogP contribution in [0.1, 0.15) is 47.9 Å². The Balaban J connectivity index is 1.51. The molecule has 1 amide bonds. The fourth-order valence-corrected chi connectivity index (χ4v) is 4.33. The highest BCUT2D eigenvalue weighted by molar-refractivity contribution is 6.30. The lowest BCUT2D eigenvalue weighted by atomic mass is 9.78. The van der Waals surface area contributed by atoms with Gasteiger partial charge in [0, 0.05) is 24.7 Å². The SMILES string of the molecule is O=C(NCc1ccc2c(c1)CNC2)C1(c2ccc(Cl)cc2)CCCC1. The van der Waals surface area contributed by atoms with Crippen LogP contribution in [0.15, 0.2) is 42.5 Å². The molecule has 0 atom stereocenters. The number of fused-ring (bicyclic) bond motifs is 1. The summed E-state index contributed by atoms with van der Waals surface area (Å²) in [6.07, 6.45) is 4.02. The van der Waals surface area contributed by atoms with Crippen molar-refractivity contribution in [1.82, 2.24) is 10.6 Å². The van der Waals surface area contributed by atoms with Crippen molar-refractivity contribution in [3.05, 3.63) is 69.7 Å². The largest absolute Gasteiger partial charge is 0.351 e. The normalized spacial score (nSPS) is 18.1. The third-order valence-electron chi connectivity index (χ3n) is 5.64. The predicted molar refractivity (Wildman–Crippen MR) is 100 cm³/mol. The van der Waals surface area contributed by atoms with Crippen molar-refractivity contribution in [2.45, 2.75) is 50.7 Å². The van der Waals surface area contributed by atoms with E-state index in [1.54, 1.807) is 0 Å². The second kappa shape index (κ2) is 6.81. The average Bonchev–Trinajstić information content (AvgIpc) is 3.29. The van der Waals surface area contributed by atoms with Gasteiger partial charge in [0.15, 0.2) is 0 Å². The molecule has 4 rings (SSSR count). The maximum atomic E-state index is 13.1. The summed E-state index contributed by atoms with van der Waals surface area (Å²) in [5.41, 5.74) is 4.57. The highest BCUT2D eigenvalue weighted by Crippen LogP contribution is 2.41. The van der Waals surface area contributed by atoms with Gasteiger partial charge in [-0.2, -0.15) is 0 Å². The Kier molecular flexibility index (Phi) is 4.53. The van der Waals surface area contributed by atoms with E-state index in [1.807, 2.05) is 24.3 Å². The zero-order valence-electron chi connectivity index (χ0n) is 14.3. The van der Waals surface area contributed by atoms with E-state index >= 15 is 0 Å². The van der Waals surface area contributed by atoms with Crippen LogP contribution in [0.4, 0.5) is 0 Å². The van der Waals surface area contributed by atoms with Gasteiger partial charge in [-0.05, 0) is 47.2 Å². The van der Waals surface area contributed by atoms with Crippen LogP contribution in [0.5, 0.6) is 0 Å². The van der Waals surface area contributed by atoms with Crippen LogP contribution in [0.2, 0.25) is 5.02 Å². The Morgan fingerprint density at radius 1 is 1.04 bits per heavy atom. The summed E-state index contributed by atoms with van der Waals surface area (Å²) < 4.78 is 0. The summed E-state index contributed by atoms with van der Waals surface area (Å²) in [5, 5.41) is 7.26. The van der Waals surface area contributed by atoms with E-state index < -0.39 is 5.41 Å². The third kappa shape index (κ3) is 3.19. The van der Waals surface area contributed by atoms with Gasteiger partial charge in [0.1, 0.15) is 0 Å². The van der Waals surface area contributed by atoms with Gasteiger partial charge in [-0.1, -0.05) is 54.8 Å². The molecular formula is C21H23ClN2O. The number of amides is 1. The fraction of sp³-hybridized carbons (Fsp3) is 0.381. The van der Waals surface area contributed by atoms with Crippen LogP contribution in [0, 0.1) is 0 Å². The number of benzene rings is 2. The minimum Gasteiger partial charge on any atom is -0.351 e. The maximum Gasteiger partial charge on any atom is 0.230 e. The Hall–Kier alpha value is -1.84. The zero-order valence-corrected chi connectivity index (χ0v) is 15.0. The molecule has 2 aliphatic rings. The van der Waals surface area contributed by atoms with Gasteiger partial charge in [-0.3, -0.25) is 4.79 Å². The molecule has 0 radical (unpaired) electrons. The Bertz CT molecular complexity index is 779. The topological polar surface area (TPSA) is 41.1 Å². The molecule has 1 fully saturated rings. The Labute approximate surface area is 153 Å². The molecule has 2 N–H and O–H groups in total. The number of rotatable bonds is 4. The molecule has 1 saturated carbocycles. The van der Waals surface area contributed by atoms with Crippen LogP contribution in [-0.4, -0.2) is 5.91 Å². The number of hydrogen-bond donors (Lipinski definition) is 2. The average molecular weight is 355 g/mol. The monoisotopic (exact) mass is 354 g/mol. The first-order valence-electron chi connectivity index (χ1n) is 9.03. The lowest BCUT2D eigenvalue weighted by Crippen LogP contribution is -2.42. The first-order valence-corrected chi connectivity index (χ1v) is 9.41. The molecule has 0 aromatic heterocycles. The molecule has 3 nitrogen and oxygen atoms in total.